The predicted octanol–water partition coefficient (Wildman–Crippen LogP) is 4.21. The molecule has 0 bridgehead atoms. The van der Waals surface area contributed by atoms with Crippen molar-refractivity contribution >= 4 is 17.3 Å². The lowest BCUT2D eigenvalue weighted by Crippen LogP contribution is -2.26. The first kappa shape index (κ1) is 21.1. The van der Waals surface area contributed by atoms with Gasteiger partial charge < -0.3 is 18.9 Å². The van der Waals surface area contributed by atoms with Gasteiger partial charge in [0, 0.05) is 10.9 Å². The van der Waals surface area contributed by atoms with Gasteiger partial charge in [0.2, 0.25) is 0 Å². The van der Waals surface area contributed by atoms with Crippen LogP contribution in [0.5, 0.6) is 17.2 Å². The minimum absolute atomic E-state index is 0.0453. The van der Waals surface area contributed by atoms with Crippen LogP contribution < -0.4 is 14.2 Å². The first-order valence-electron chi connectivity index (χ1n) is 9.04. The smallest absolute Gasteiger partial charge is 0.347 e. The summed E-state index contributed by atoms with van der Waals surface area (Å²) in [5.41, 5.74) is 2.04. The molecule has 154 valence electrons. The number of thiazole rings is 1. The van der Waals surface area contributed by atoms with Crippen LogP contribution in [0.3, 0.4) is 0 Å². The minimum Gasteiger partial charge on any atom is -0.493 e. The van der Waals surface area contributed by atoms with Gasteiger partial charge in [-0.15, -0.1) is 11.3 Å². The van der Waals surface area contributed by atoms with E-state index in [1.807, 2.05) is 29.6 Å². The summed E-state index contributed by atoms with van der Waals surface area (Å²) in [6, 6.07) is 14.1. The van der Waals surface area contributed by atoms with Crippen LogP contribution in [0.4, 0.5) is 0 Å². The van der Waals surface area contributed by atoms with Gasteiger partial charge in [0.15, 0.2) is 17.6 Å². The van der Waals surface area contributed by atoms with Crippen LogP contribution >= 0.6 is 11.3 Å². The molecule has 0 aliphatic rings. The van der Waals surface area contributed by atoms with Crippen LogP contribution in [0.2, 0.25) is 0 Å². The van der Waals surface area contributed by atoms with Crippen molar-refractivity contribution in [2.45, 2.75) is 19.6 Å². The first-order chi connectivity index (χ1) is 14.5. The number of hydrogen-bond acceptors (Lipinski definition) is 8. The standard InChI is InChI=1S/C22H20N2O5S/c1-14(29-18-7-4-15(11-23)5-8-18)22(25)28-12-17-13-30-21(24-17)16-6-9-19(26-2)20(10-16)27-3/h4-10,13-14H,12H2,1-3H3. The van der Waals surface area contributed by atoms with E-state index in [1.165, 1.54) is 11.3 Å². The van der Waals surface area contributed by atoms with Crippen LogP contribution in [-0.2, 0) is 16.1 Å². The molecule has 0 spiro atoms. The highest BCUT2D eigenvalue weighted by Crippen LogP contribution is 2.33. The highest BCUT2D eigenvalue weighted by atomic mass is 32.1. The molecule has 2 aromatic carbocycles. The average Bonchev–Trinajstić information content (AvgIpc) is 3.26. The van der Waals surface area contributed by atoms with Gasteiger partial charge in [-0.25, -0.2) is 9.78 Å². The number of hydrogen-bond donors (Lipinski definition) is 0. The second-order valence-corrected chi connectivity index (χ2v) is 7.08. The molecule has 0 radical (unpaired) electrons. The zero-order valence-electron chi connectivity index (χ0n) is 16.7. The molecule has 7 nitrogen and oxygen atoms in total. The summed E-state index contributed by atoms with van der Waals surface area (Å²) in [6.07, 6.45) is -0.790. The third-order valence-corrected chi connectivity index (χ3v) is 5.11. The third-order valence-electron chi connectivity index (χ3n) is 4.17. The zero-order chi connectivity index (χ0) is 21.5. The van der Waals surface area contributed by atoms with Crippen LogP contribution in [-0.4, -0.2) is 31.3 Å². The number of nitriles is 1. The topological polar surface area (TPSA) is 90.7 Å². The second kappa shape index (κ2) is 9.76. The third kappa shape index (κ3) is 5.07. The molecule has 8 heteroatoms. The molecule has 30 heavy (non-hydrogen) atoms. The Kier molecular flexibility index (Phi) is 6.88. The van der Waals surface area contributed by atoms with Gasteiger partial charge >= 0.3 is 5.97 Å². The number of benzene rings is 2. The Balaban J connectivity index is 1.58. The van der Waals surface area contributed by atoms with E-state index in [0.717, 1.165) is 10.6 Å². The number of carbonyl (C=O) groups excluding carboxylic acids is 1. The van der Waals surface area contributed by atoms with Gasteiger partial charge in [0.25, 0.3) is 0 Å². The van der Waals surface area contributed by atoms with E-state index in [9.17, 15) is 4.79 Å². The molecule has 0 aliphatic heterocycles. The van der Waals surface area contributed by atoms with Crippen molar-refractivity contribution in [1.29, 1.82) is 5.26 Å². The molecule has 0 aliphatic carbocycles. The molecule has 1 aromatic heterocycles. The number of ether oxygens (including phenoxy) is 4. The van der Waals surface area contributed by atoms with Gasteiger partial charge in [0.05, 0.1) is 31.5 Å². The molecule has 0 saturated carbocycles. The molecule has 0 N–H and O–H groups in total. The maximum atomic E-state index is 12.2. The highest BCUT2D eigenvalue weighted by Gasteiger charge is 2.17. The summed E-state index contributed by atoms with van der Waals surface area (Å²) >= 11 is 1.45. The fourth-order valence-corrected chi connectivity index (χ4v) is 3.40. The van der Waals surface area contributed by atoms with Gasteiger partial charge in [-0.1, -0.05) is 0 Å². The van der Waals surface area contributed by atoms with Gasteiger partial charge in [0.1, 0.15) is 17.4 Å². The van der Waals surface area contributed by atoms with Crippen LogP contribution in [0.15, 0.2) is 47.8 Å². The largest absolute Gasteiger partial charge is 0.493 e. The van der Waals surface area contributed by atoms with E-state index >= 15 is 0 Å². The SMILES string of the molecule is COc1ccc(-c2nc(COC(=O)C(C)Oc3ccc(C#N)cc3)cs2)cc1OC. The number of rotatable bonds is 8. The minimum atomic E-state index is -0.790. The Labute approximate surface area is 178 Å². The monoisotopic (exact) mass is 424 g/mol. The molecular formula is C22H20N2O5S. The lowest BCUT2D eigenvalue weighted by molar-refractivity contribution is -0.152. The predicted molar refractivity (Wildman–Crippen MR) is 112 cm³/mol. The maximum Gasteiger partial charge on any atom is 0.347 e. The summed E-state index contributed by atoms with van der Waals surface area (Å²) in [6.45, 7) is 1.65. The molecule has 1 heterocycles. The van der Waals surface area contributed by atoms with Crippen molar-refractivity contribution < 1.29 is 23.7 Å². The summed E-state index contributed by atoms with van der Waals surface area (Å²) < 4.78 is 21.5. The molecule has 3 aromatic rings. The molecule has 3 rings (SSSR count). The number of carbonyl (C=O) groups is 1. The fourth-order valence-electron chi connectivity index (χ4n) is 2.60. The normalized spacial score (nSPS) is 11.3. The van der Waals surface area contributed by atoms with Crippen LogP contribution in [0, 0.1) is 11.3 Å². The van der Waals surface area contributed by atoms with Crippen molar-refractivity contribution in [2.75, 3.05) is 14.2 Å². The van der Waals surface area contributed by atoms with E-state index in [4.69, 9.17) is 24.2 Å². The van der Waals surface area contributed by atoms with Crippen LogP contribution in [0.1, 0.15) is 18.2 Å². The van der Waals surface area contributed by atoms with Crippen molar-refractivity contribution in [3.8, 4) is 33.9 Å². The van der Waals surface area contributed by atoms with Gasteiger partial charge in [-0.05, 0) is 49.4 Å². The van der Waals surface area contributed by atoms with Crippen molar-refractivity contribution in [2.24, 2.45) is 0 Å². The Hall–Kier alpha value is -3.57. The number of methoxy groups -OCH3 is 2. The van der Waals surface area contributed by atoms with Crippen molar-refractivity contribution in [3.63, 3.8) is 0 Å². The Morgan fingerprint density at radius 1 is 1.13 bits per heavy atom. The number of nitrogens with zero attached hydrogens (tertiary/aromatic N) is 2. The van der Waals surface area contributed by atoms with E-state index in [2.05, 4.69) is 4.98 Å². The Morgan fingerprint density at radius 3 is 2.53 bits per heavy atom. The van der Waals surface area contributed by atoms with E-state index < -0.39 is 12.1 Å². The molecule has 0 fully saturated rings. The fraction of sp³-hybridized carbons (Fsp3) is 0.227. The lowest BCUT2D eigenvalue weighted by Gasteiger charge is -2.13. The molecule has 1 unspecified atom stereocenters. The summed E-state index contributed by atoms with van der Waals surface area (Å²) in [5, 5.41) is 11.4. The van der Waals surface area contributed by atoms with E-state index in [0.29, 0.717) is 28.5 Å². The molecule has 1 atom stereocenters. The summed E-state index contributed by atoms with van der Waals surface area (Å²) in [5.74, 6) is 1.25. The highest BCUT2D eigenvalue weighted by molar-refractivity contribution is 7.13. The average molecular weight is 424 g/mol. The van der Waals surface area contributed by atoms with E-state index in [1.54, 1.807) is 45.4 Å². The molecule has 0 saturated heterocycles. The Morgan fingerprint density at radius 2 is 1.87 bits per heavy atom. The Bertz CT molecular complexity index is 1060. The summed E-state index contributed by atoms with van der Waals surface area (Å²) in [7, 11) is 3.16. The number of esters is 1. The number of aromatic nitrogens is 1. The summed E-state index contributed by atoms with van der Waals surface area (Å²) in [4.78, 5) is 16.7. The van der Waals surface area contributed by atoms with Crippen molar-refractivity contribution in [1.82, 2.24) is 4.98 Å². The maximum absolute atomic E-state index is 12.2. The molecular weight excluding hydrogens is 404 g/mol. The lowest BCUT2D eigenvalue weighted by atomic mass is 10.2. The zero-order valence-corrected chi connectivity index (χ0v) is 17.6. The molecule has 0 amide bonds. The quantitative estimate of drug-likeness (QED) is 0.500. The van der Waals surface area contributed by atoms with Crippen molar-refractivity contribution in [3.05, 3.63) is 59.1 Å². The van der Waals surface area contributed by atoms with Gasteiger partial charge in [-0.2, -0.15) is 5.26 Å². The second-order valence-electron chi connectivity index (χ2n) is 6.22. The van der Waals surface area contributed by atoms with Gasteiger partial charge in [-0.3, -0.25) is 0 Å². The van der Waals surface area contributed by atoms with E-state index in [-0.39, 0.29) is 6.61 Å². The first-order valence-corrected chi connectivity index (χ1v) is 9.92. The van der Waals surface area contributed by atoms with Crippen LogP contribution in [0.25, 0.3) is 10.6 Å².